The molecule has 4 rings (SSSR count). The van der Waals surface area contributed by atoms with Gasteiger partial charge in [0.25, 0.3) is 5.91 Å². The van der Waals surface area contributed by atoms with E-state index in [9.17, 15) is 13.2 Å². The molecule has 3 aromatic rings. The van der Waals surface area contributed by atoms with Gasteiger partial charge in [0.15, 0.2) is 0 Å². The molecule has 2 N–H and O–H groups in total. The molecular formula is C21H22N4O4S2. The van der Waals surface area contributed by atoms with Crippen LogP contribution in [0.2, 0.25) is 0 Å². The highest BCUT2D eigenvalue weighted by Crippen LogP contribution is 2.24. The molecule has 1 aromatic heterocycles. The summed E-state index contributed by atoms with van der Waals surface area (Å²) in [5.41, 5.74) is 2.92. The monoisotopic (exact) mass is 458 g/mol. The van der Waals surface area contributed by atoms with Gasteiger partial charge in [0, 0.05) is 5.69 Å². The zero-order valence-electron chi connectivity index (χ0n) is 16.9. The van der Waals surface area contributed by atoms with Crippen molar-refractivity contribution in [2.45, 2.75) is 37.1 Å². The van der Waals surface area contributed by atoms with Crippen molar-refractivity contribution in [3.8, 4) is 5.75 Å². The van der Waals surface area contributed by atoms with Crippen LogP contribution in [0.3, 0.4) is 0 Å². The number of carbonyl (C=O) groups excluding carboxylic acids is 1. The third kappa shape index (κ3) is 5.09. The first-order chi connectivity index (χ1) is 14.9. The number of methoxy groups -OCH3 is 1. The van der Waals surface area contributed by atoms with Crippen LogP contribution < -0.4 is 14.8 Å². The Bertz CT molecular complexity index is 1190. The minimum absolute atomic E-state index is 0.0348. The molecule has 1 aliphatic carbocycles. The molecule has 0 spiro atoms. The Morgan fingerprint density at radius 1 is 1.06 bits per heavy atom. The molecule has 10 heteroatoms. The number of sulfonamides is 1. The number of ether oxygens (including phenoxy) is 1. The fourth-order valence-electron chi connectivity index (χ4n) is 3.39. The summed E-state index contributed by atoms with van der Waals surface area (Å²) in [5.74, 6) is 0.272. The molecule has 2 aromatic carbocycles. The second-order valence-electron chi connectivity index (χ2n) is 7.15. The van der Waals surface area contributed by atoms with Crippen LogP contribution in [-0.2, 0) is 29.4 Å². The van der Waals surface area contributed by atoms with Crippen LogP contribution in [0.25, 0.3) is 0 Å². The molecule has 0 fully saturated rings. The minimum Gasteiger partial charge on any atom is -0.497 e. The molecule has 162 valence electrons. The van der Waals surface area contributed by atoms with Gasteiger partial charge in [0.1, 0.15) is 10.8 Å². The topological polar surface area (TPSA) is 110 Å². The van der Waals surface area contributed by atoms with E-state index < -0.39 is 15.9 Å². The number of anilines is 1. The van der Waals surface area contributed by atoms with E-state index >= 15 is 0 Å². The number of nitrogens with zero attached hydrogens (tertiary/aromatic N) is 2. The maximum Gasteiger partial charge on any atom is 0.286 e. The number of aromatic nitrogens is 2. The molecule has 0 aliphatic heterocycles. The molecule has 1 aliphatic rings. The fraction of sp³-hybridized carbons (Fsp3) is 0.286. The third-order valence-corrected chi connectivity index (χ3v) is 7.37. The SMILES string of the molecule is COc1ccc(NC(=O)c2nnc(CNS(=O)(=O)c3ccc4c(c3)CCCC4)s2)cc1. The predicted molar refractivity (Wildman–Crippen MR) is 118 cm³/mol. The summed E-state index contributed by atoms with van der Waals surface area (Å²) in [7, 11) is -2.12. The highest BCUT2D eigenvalue weighted by atomic mass is 32.2. The molecular weight excluding hydrogens is 436 g/mol. The highest BCUT2D eigenvalue weighted by molar-refractivity contribution is 7.89. The Labute approximate surface area is 184 Å². The molecule has 0 unspecified atom stereocenters. The molecule has 0 radical (unpaired) electrons. The van der Waals surface area contributed by atoms with Gasteiger partial charge in [-0.05, 0) is 73.2 Å². The first kappa shape index (κ1) is 21.4. The van der Waals surface area contributed by atoms with E-state index in [2.05, 4.69) is 20.2 Å². The van der Waals surface area contributed by atoms with E-state index in [0.717, 1.165) is 42.6 Å². The number of hydrogen-bond donors (Lipinski definition) is 2. The van der Waals surface area contributed by atoms with Gasteiger partial charge in [-0.25, -0.2) is 13.1 Å². The number of hydrogen-bond acceptors (Lipinski definition) is 7. The lowest BCUT2D eigenvalue weighted by Crippen LogP contribution is -2.23. The van der Waals surface area contributed by atoms with Gasteiger partial charge in [0.2, 0.25) is 15.0 Å². The van der Waals surface area contributed by atoms with E-state index in [1.807, 2.05) is 6.07 Å². The lowest BCUT2D eigenvalue weighted by molar-refractivity contribution is 0.102. The number of carbonyl (C=O) groups is 1. The first-order valence-electron chi connectivity index (χ1n) is 9.84. The minimum atomic E-state index is -3.68. The molecule has 0 saturated heterocycles. The molecule has 0 atom stereocenters. The Balaban J connectivity index is 1.38. The van der Waals surface area contributed by atoms with Crippen molar-refractivity contribution in [2.75, 3.05) is 12.4 Å². The summed E-state index contributed by atoms with van der Waals surface area (Å²) < 4.78 is 33.0. The van der Waals surface area contributed by atoms with E-state index in [1.54, 1.807) is 43.5 Å². The lowest BCUT2D eigenvalue weighted by atomic mass is 9.92. The van der Waals surface area contributed by atoms with Crippen molar-refractivity contribution in [1.82, 2.24) is 14.9 Å². The molecule has 31 heavy (non-hydrogen) atoms. The predicted octanol–water partition coefficient (Wildman–Crippen LogP) is 3.16. The average molecular weight is 459 g/mol. The number of amides is 1. The van der Waals surface area contributed by atoms with Gasteiger partial charge >= 0.3 is 0 Å². The quantitative estimate of drug-likeness (QED) is 0.563. The standard InChI is InChI=1S/C21H22N4O4S2/c1-29-17-9-7-16(8-10-17)23-20(26)21-25-24-19(30-21)13-22-31(27,28)18-11-6-14-4-2-3-5-15(14)12-18/h6-12,22H,2-5,13H2,1H3,(H,23,26). The molecule has 1 amide bonds. The van der Waals surface area contributed by atoms with Crippen LogP contribution in [0.15, 0.2) is 47.4 Å². The van der Waals surface area contributed by atoms with Crippen LogP contribution in [0.4, 0.5) is 5.69 Å². The summed E-state index contributed by atoms with van der Waals surface area (Å²) in [6, 6.07) is 12.2. The number of nitrogens with one attached hydrogen (secondary N) is 2. The van der Waals surface area contributed by atoms with Crippen LogP contribution in [-0.4, -0.2) is 31.6 Å². The van der Waals surface area contributed by atoms with E-state index in [0.29, 0.717) is 16.4 Å². The summed E-state index contributed by atoms with van der Waals surface area (Å²) in [6.07, 6.45) is 4.12. The largest absolute Gasteiger partial charge is 0.497 e. The second kappa shape index (κ2) is 9.13. The molecule has 0 saturated carbocycles. The van der Waals surface area contributed by atoms with Crippen LogP contribution >= 0.6 is 11.3 Å². The molecule has 8 nitrogen and oxygen atoms in total. The van der Waals surface area contributed by atoms with Gasteiger partial charge in [-0.2, -0.15) is 0 Å². The Morgan fingerprint density at radius 3 is 2.55 bits per heavy atom. The normalized spacial score (nSPS) is 13.5. The van der Waals surface area contributed by atoms with Crippen molar-refractivity contribution < 1.29 is 17.9 Å². The number of benzene rings is 2. The number of aryl methyl sites for hydroxylation is 2. The van der Waals surface area contributed by atoms with Gasteiger partial charge in [0.05, 0.1) is 18.6 Å². The van der Waals surface area contributed by atoms with Crippen molar-refractivity contribution in [3.63, 3.8) is 0 Å². The van der Waals surface area contributed by atoms with Crippen molar-refractivity contribution >= 4 is 33.0 Å². The van der Waals surface area contributed by atoms with Crippen molar-refractivity contribution in [1.29, 1.82) is 0 Å². The highest BCUT2D eigenvalue weighted by Gasteiger charge is 2.19. The van der Waals surface area contributed by atoms with Gasteiger partial charge in [-0.1, -0.05) is 17.4 Å². The number of rotatable bonds is 7. The molecule has 0 bridgehead atoms. The summed E-state index contributed by atoms with van der Waals surface area (Å²) in [5, 5.41) is 11.1. The number of fused-ring (bicyclic) bond motifs is 1. The fourth-order valence-corrected chi connectivity index (χ4v) is 5.20. The van der Waals surface area contributed by atoms with Gasteiger partial charge in [-0.15, -0.1) is 10.2 Å². The van der Waals surface area contributed by atoms with Crippen molar-refractivity contribution in [2.24, 2.45) is 0 Å². The van der Waals surface area contributed by atoms with E-state index in [-0.39, 0.29) is 16.4 Å². The third-order valence-electron chi connectivity index (χ3n) is 5.05. The zero-order valence-corrected chi connectivity index (χ0v) is 18.6. The maximum absolute atomic E-state index is 12.7. The Kier molecular flexibility index (Phi) is 6.30. The average Bonchev–Trinajstić information content (AvgIpc) is 3.27. The smallest absolute Gasteiger partial charge is 0.286 e. The Hall–Kier alpha value is -2.82. The lowest BCUT2D eigenvalue weighted by Gasteiger charge is -2.16. The zero-order chi connectivity index (χ0) is 21.8. The van der Waals surface area contributed by atoms with E-state index in [1.165, 1.54) is 5.56 Å². The van der Waals surface area contributed by atoms with Crippen molar-refractivity contribution in [3.05, 3.63) is 63.6 Å². The van der Waals surface area contributed by atoms with Gasteiger partial charge in [-0.3, -0.25) is 4.79 Å². The molecule has 1 heterocycles. The second-order valence-corrected chi connectivity index (χ2v) is 9.97. The first-order valence-corrected chi connectivity index (χ1v) is 12.1. The Morgan fingerprint density at radius 2 is 1.81 bits per heavy atom. The summed E-state index contributed by atoms with van der Waals surface area (Å²) in [6.45, 7) is -0.0348. The summed E-state index contributed by atoms with van der Waals surface area (Å²) >= 11 is 1.04. The summed E-state index contributed by atoms with van der Waals surface area (Å²) in [4.78, 5) is 12.6. The van der Waals surface area contributed by atoms with Crippen LogP contribution in [0.1, 0.15) is 38.8 Å². The van der Waals surface area contributed by atoms with Crippen LogP contribution in [0, 0.1) is 0 Å². The van der Waals surface area contributed by atoms with Gasteiger partial charge < -0.3 is 10.1 Å². The van der Waals surface area contributed by atoms with Crippen LogP contribution in [0.5, 0.6) is 5.75 Å². The maximum atomic E-state index is 12.7. The van der Waals surface area contributed by atoms with E-state index in [4.69, 9.17) is 4.74 Å².